The van der Waals surface area contributed by atoms with E-state index in [-0.39, 0.29) is 11.9 Å². The summed E-state index contributed by atoms with van der Waals surface area (Å²) in [7, 11) is 0. The lowest BCUT2D eigenvalue weighted by molar-refractivity contribution is 0.626. The molecule has 0 radical (unpaired) electrons. The number of nitrogens with one attached hydrogen (secondary N) is 1. The van der Waals surface area contributed by atoms with Crippen LogP contribution in [0.4, 0.5) is 10.1 Å². The van der Waals surface area contributed by atoms with Gasteiger partial charge in [0.2, 0.25) is 0 Å². The van der Waals surface area contributed by atoms with Crippen molar-refractivity contribution in [1.82, 2.24) is 4.98 Å². The Kier molecular flexibility index (Phi) is 3.76. The number of rotatable bonds is 3. The number of hydrogen-bond acceptors (Lipinski definition) is 2. The number of benzene rings is 2. The van der Waals surface area contributed by atoms with Gasteiger partial charge >= 0.3 is 0 Å². The van der Waals surface area contributed by atoms with Gasteiger partial charge in [0.1, 0.15) is 5.82 Å². The third-order valence-corrected chi connectivity index (χ3v) is 3.79. The minimum absolute atomic E-state index is 0.0389. The van der Waals surface area contributed by atoms with Gasteiger partial charge in [0.25, 0.3) is 0 Å². The first-order valence-corrected chi connectivity index (χ1v) is 7.08. The van der Waals surface area contributed by atoms with Crippen molar-refractivity contribution in [3.05, 3.63) is 71.1 Å². The molecular formula is C17H14ClFN2. The molecule has 1 N–H and O–H groups in total. The zero-order valence-electron chi connectivity index (χ0n) is 11.5. The number of nitrogens with zero attached hydrogens (tertiary/aromatic N) is 1. The number of pyridine rings is 1. The molecule has 0 aliphatic rings. The Bertz CT molecular complexity index is 771. The van der Waals surface area contributed by atoms with Crippen molar-refractivity contribution >= 4 is 28.2 Å². The first-order chi connectivity index (χ1) is 10.1. The molecule has 1 unspecified atom stereocenters. The van der Waals surface area contributed by atoms with Crippen LogP contribution in [0.25, 0.3) is 10.9 Å². The lowest BCUT2D eigenvalue weighted by Gasteiger charge is -2.17. The second-order valence-electron chi connectivity index (χ2n) is 4.91. The van der Waals surface area contributed by atoms with E-state index in [1.165, 1.54) is 12.1 Å². The number of hydrogen-bond donors (Lipinski definition) is 1. The Morgan fingerprint density at radius 1 is 1.10 bits per heavy atom. The zero-order chi connectivity index (χ0) is 14.8. The molecule has 0 spiro atoms. The predicted octanol–water partition coefficient (Wildman–Crippen LogP) is 5.20. The fraction of sp³-hybridized carbons (Fsp3) is 0.118. The average Bonchev–Trinajstić information content (AvgIpc) is 2.51. The Hall–Kier alpha value is -2.13. The van der Waals surface area contributed by atoms with Crippen LogP contribution >= 0.6 is 11.6 Å². The van der Waals surface area contributed by atoms with Crippen molar-refractivity contribution in [3.8, 4) is 0 Å². The van der Waals surface area contributed by atoms with E-state index < -0.39 is 0 Å². The van der Waals surface area contributed by atoms with E-state index in [9.17, 15) is 4.39 Å². The number of halogens is 2. The highest BCUT2D eigenvalue weighted by molar-refractivity contribution is 6.35. The smallest absolute Gasteiger partial charge is 0.123 e. The summed E-state index contributed by atoms with van der Waals surface area (Å²) in [6.45, 7) is 2.02. The molecule has 0 aliphatic heterocycles. The van der Waals surface area contributed by atoms with Crippen molar-refractivity contribution in [1.29, 1.82) is 0 Å². The summed E-state index contributed by atoms with van der Waals surface area (Å²) in [6.07, 6.45) is 1.74. The largest absolute Gasteiger partial charge is 0.377 e. The van der Waals surface area contributed by atoms with Crippen molar-refractivity contribution < 1.29 is 4.39 Å². The highest BCUT2D eigenvalue weighted by Gasteiger charge is 2.10. The lowest BCUT2D eigenvalue weighted by Crippen LogP contribution is -2.07. The molecule has 2 nitrogen and oxygen atoms in total. The number of fused-ring (bicyclic) bond motifs is 1. The Labute approximate surface area is 127 Å². The molecule has 2 aromatic carbocycles. The van der Waals surface area contributed by atoms with Crippen LogP contribution in [-0.4, -0.2) is 4.98 Å². The molecule has 21 heavy (non-hydrogen) atoms. The average molecular weight is 301 g/mol. The van der Waals surface area contributed by atoms with Crippen LogP contribution < -0.4 is 5.32 Å². The van der Waals surface area contributed by atoms with E-state index in [1.54, 1.807) is 18.3 Å². The van der Waals surface area contributed by atoms with Crippen LogP contribution in [0.2, 0.25) is 5.02 Å². The predicted molar refractivity (Wildman–Crippen MR) is 85.2 cm³/mol. The molecule has 106 valence electrons. The molecule has 1 aromatic heterocycles. The maximum absolute atomic E-state index is 13.0. The summed E-state index contributed by atoms with van der Waals surface area (Å²) in [5.41, 5.74) is 2.75. The summed E-state index contributed by atoms with van der Waals surface area (Å²) >= 11 is 6.19. The van der Waals surface area contributed by atoms with Gasteiger partial charge in [-0.25, -0.2) is 4.39 Å². The normalized spacial score (nSPS) is 12.3. The Morgan fingerprint density at radius 2 is 1.86 bits per heavy atom. The van der Waals surface area contributed by atoms with Crippen LogP contribution in [0, 0.1) is 5.82 Å². The molecule has 1 atom stereocenters. The maximum atomic E-state index is 13.0. The highest BCUT2D eigenvalue weighted by Crippen LogP contribution is 2.30. The van der Waals surface area contributed by atoms with Gasteiger partial charge in [-0.1, -0.05) is 23.7 Å². The molecule has 0 bridgehead atoms. The lowest BCUT2D eigenvalue weighted by atomic mass is 10.1. The SMILES string of the molecule is CC(Nc1ccc(Cl)c2cccnc12)c1ccc(F)cc1. The van der Waals surface area contributed by atoms with Crippen LogP contribution in [0.5, 0.6) is 0 Å². The minimum atomic E-state index is -0.232. The molecule has 1 heterocycles. The van der Waals surface area contributed by atoms with Gasteiger partial charge in [-0.3, -0.25) is 4.98 Å². The molecule has 0 aliphatic carbocycles. The minimum Gasteiger partial charge on any atom is -0.377 e. The Balaban J connectivity index is 1.95. The van der Waals surface area contributed by atoms with Gasteiger partial charge in [-0.05, 0) is 48.9 Å². The van der Waals surface area contributed by atoms with Gasteiger partial charge in [-0.2, -0.15) is 0 Å². The summed E-state index contributed by atoms with van der Waals surface area (Å²) < 4.78 is 13.0. The molecule has 0 saturated carbocycles. The Morgan fingerprint density at radius 3 is 2.62 bits per heavy atom. The summed E-state index contributed by atoms with van der Waals surface area (Å²) in [4.78, 5) is 4.40. The number of anilines is 1. The van der Waals surface area contributed by atoms with Crippen molar-refractivity contribution in [2.45, 2.75) is 13.0 Å². The van der Waals surface area contributed by atoms with Crippen LogP contribution in [-0.2, 0) is 0 Å². The van der Waals surface area contributed by atoms with Gasteiger partial charge in [0.15, 0.2) is 0 Å². The van der Waals surface area contributed by atoms with E-state index in [1.807, 2.05) is 31.2 Å². The first kappa shape index (κ1) is 13.8. The molecule has 3 aromatic rings. The second kappa shape index (κ2) is 5.70. The van der Waals surface area contributed by atoms with Crippen molar-refractivity contribution in [2.24, 2.45) is 0 Å². The van der Waals surface area contributed by atoms with E-state index in [0.29, 0.717) is 5.02 Å². The molecule has 0 fully saturated rings. The monoisotopic (exact) mass is 300 g/mol. The summed E-state index contributed by atoms with van der Waals surface area (Å²) in [6, 6.07) is 14.1. The highest BCUT2D eigenvalue weighted by atomic mass is 35.5. The third kappa shape index (κ3) is 2.83. The van der Waals surface area contributed by atoms with E-state index >= 15 is 0 Å². The fourth-order valence-electron chi connectivity index (χ4n) is 2.32. The van der Waals surface area contributed by atoms with Crippen LogP contribution in [0.3, 0.4) is 0 Å². The van der Waals surface area contributed by atoms with Gasteiger partial charge < -0.3 is 5.32 Å². The molecule has 0 saturated heterocycles. The second-order valence-corrected chi connectivity index (χ2v) is 5.32. The molecule has 0 amide bonds. The molecular weight excluding hydrogens is 287 g/mol. The number of aromatic nitrogens is 1. The zero-order valence-corrected chi connectivity index (χ0v) is 12.2. The van der Waals surface area contributed by atoms with Crippen molar-refractivity contribution in [3.63, 3.8) is 0 Å². The first-order valence-electron chi connectivity index (χ1n) is 6.70. The quantitative estimate of drug-likeness (QED) is 0.719. The van der Waals surface area contributed by atoms with E-state index in [0.717, 1.165) is 22.2 Å². The maximum Gasteiger partial charge on any atom is 0.123 e. The van der Waals surface area contributed by atoms with Gasteiger partial charge in [0, 0.05) is 17.6 Å². The van der Waals surface area contributed by atoms with Crippen molar-refractivity contribution in [2.75, 3.05) is 5.32 Å². The fourth-order valence-corrected chi connectivity index (χ4v) is 2.54. The molecule has 3 rings (SSSR count). The summed E-state index contributed by atoms with van der Waals surface area (Å²) in [5.74, 6) is -0.232. The molecule has 4 heteroatoms. The van der Waals surface area contributed by atoms with Crippen LogP contribution in [0.15, 0.2) is 54.7 Å². The van der Waals surface area contributed by atoms with Crippen LogP contribution in [0.1, 0.15) is 18.5 Å². The van der Waals surface area contributed by atoms with E-state index in [2.05, 4.69) is 10.3 Å². The van der Waals surface area contributed by atoms with Gasteiger partial charge in [0.05, 0.1) is 16.2 Å². The summed E-state index contributed by atoms with van der Waals surface area (Å²) in [5, 5.41) is 5.00. The topological polar surface area (TPSA) is 24.9 Å². The standard InChI is InChI=1S/C17H14ClFN2/c1-11(12-4-6-13(19)7-5-12)21-16-9-8-15(18)14-3-2-10-20-17(14)16/h2-11,21H,1H3. The van der Waals surface area contributed by atoms with E-state index in [4.69, 9.17) is 11.6 Å². The van der Waals surface area contributed by atoms with Gasteiger partial charge in [-0.15, -0.1) is 0 Å². The third-order valence-electron chi connectivity index (χ3n) is 3.46.